The summed E-state index contributed by atoms with van der Waals surface area (Å²) in [5, 5.41) is 0. The first-order valence-electron chi connectivity index (χ1n) is 8.15. The molecule has 1 heterocycles. The summed E-state index contributed by atoms with van der Waals surface area (Å²) in [6, 6.07) is 9.87. The van der Waals surface area contributed by atoms with Crippen LogP contribution in [0.3, 0.4) is 0 Å². The van der Waals surface area contributed by atoms with Crippen LogP contribution < -0.4 is 14.2 Å². The number of carbonyl (C=O) groups excluding carboxylic acids is 2. The minimum atomic E-state index is -0.511. The number of allylic oxidation sites excluding steroid dienone is 1. The second-order valence-corrected chi connectivity index (χ2v) is 5.65. The van der Waals surface area contributed by atoms with E-state index < -0.39 is 5.97 Å². The minimum Gasteiger partial charge on any atom is -0.493 e. The minimum absolute atomic E-state index is 0.161. The molecule has 3 rings (SSSR count). The highest BCUT2D eigenvalue weighted by atomic mass is 16.5. The lowest BCUT2D eigenvalue weighted by Crippen LogP contribution is -2.03. The summed E-state index contributed by atoms with van der Waals surface area (Å²) in [5.41, 5.74) is 1.32. The second kappa shape index (κ2) is 7.78. The molecule has 0 unspecified atom stereocenters. The van der Waals surface area contributed by atoms with Gasteiger partial charge in [-0.05, 0) is 42.0 Å². The van der Waals surface area contributed by atoms with Crippen molar-refractivity contribution in [2.75, 3.05) is 20.8 Å². The van der Waals surface area contributed by atoms with Gasteiger partial charge >= 0.3 is 5.97 Å². The smallest absolute Gasteiger partial charge is 0.337 e. The molecule has 6 nitrogen and oxygen atoms in total. The molecule has 0 aliphatic carbocycles. The molecule has 0 aromatic heterocycles. The highest BCUT2D eigenvalue weighted by Crippen LogP contribution is 2.34. The Labute approximate surface area is 156 Å². The lowest BCUT2D eigenvalue weighted by molar-refractivity contribution is 0.0600. The van der Waals surface area contributed by atoms with Gasteiger partial charge in [-0.15, -0.1) is 0 Å². The lowest BCUT2D eigenvalue weighted by Gasteiger charge is -2.10. The van der Waals surface area contributed by atoms with Crippen LogP contribution in [0.25, 0.3) is 6.08 Å². The van der Waals surface area contributed by atoms with Crippen molar-refractivity contribution in [1.82, 2.24) is 0 Å². The van der Waals surface area contributed by atoms with Gasteiger partial charge in [-0.1, -0.05) is 18.7 Å². The van der Waals surface area contributed by atoms with Crippen LogP contribution in [-0.4, -0.2) is 32.6 Å². The average Bonchev–Trinajstić information content (AvgIpc) is 3.01. The molecule has 0 amide bonds. The van der Waals surface area contributed by atoms with Crippen LogP contribution in [0.1, 0.15) is 26.3 Å². The quantitative estimate of drug-likeness (QED) is 0.441. The van der Waals surface area contributed by atoms with Gasteiger partial charge in [0.15, 0.2) is 17.3 Å². The van der Waals surface area contributed by atoms with E-state index in [9.17, 15) is 9.59 Å². The molecule has 0 saturated carbocycles. The van der Waals surface area contributed by atoms with Gasteiger partial charge in [0, 0.05) is 0 Å². The number of methoxy groups -OCH3 is 2. The van der Waals surface area contributed by atoms with Crippen molar-refractivity contribution < 1.29 is 28.5 Å². The molecule has 2 aromatic rings. The van der Waals surface area contributed by atoms with Gasteiger partial charge < -0.3 is 18.9 Å². The van der Waals surface area contributed by atoms with E-state index in [2.05, 4.69) is 11.3 Å². The van der Waals surface area contributed by atoms with Crippen molar-refractivity contribution >= 4 is 17.8 Å². The Bertz CT molecular complexity index is 942. The molecular weight excluding hydrogens is 348 g/mol. The monoisotopic (exact) mass is 366 g/mol. The largest absolute Gasteiger partial charge is 0.493 e. The first-order chi connectivity index (χ1) is 13.1. The van der Waals surface area contributed by atoms with Crippen molar-refractivity contribution in [1.29, 1.82) is 0 Å². The zero-order valence-corrected chi connectivity index (χ0v) is 15.0. The molecule has 0 bridgehead atoms. The van der Waals surface area contributed by atoms with Gasteiger partial charge in [-0.3, -0.25) is 4.79 Å². The van der Waals surface area contributed by atoms with Crippen molar-refractivity contribution in [3.63, 3.8) is 0 Å². The summed E-state index contributed by atoms with van der Waals surface area (Å²) in [7, 11) is 2.82. The third kappa shape index (κ3) is 3.69. The summed E-state index contributed by atoms with van der Waals surface area (Å²) in [6.45, 7) is 3.97. The summed E-state index contributed by atoms with van der Waals surface area (Å²) in [6.07, 6.45) is 3.25. The molecule has 6 heteroatoms. The van der Waals surface area contributed by atoms with Crippen LogP contribution in [0, 0.1) is 0 Å². The van der Waals surface area contributed by atoms with Gasteiger partial charge in [0.2, 0.25) is 5.78 Å². The number of ether oxygens (including phenoxy) is 4. The molecule has 1 aliphatic rings. The van der Waals surface area contributed by atoms with Gasteiger partial charge in [0.1, 0.15) is 12.4 Å². The van der Waals surface area contributed by atoms with Crippen molar-refractivity contribution in [2.24, 2.45) is 0 Å². The van der Waals surface area contributed by atoms with E-state index in [4.69, 9.17) is 14.2 Å². The lowest BCUT2D eigenvalue weighted by atomic mass is 10.1. The van der Waals surface area contributed by atoms with Crippen LogP contribution >= 0.6 is 0 Å². The van der Waals surface area contributed by atoms with Crippen LogP contribution in [0.2, 0.25) is 0 Å². The van der Waals surface area contributed by atoms with Crippen molar-refractivity contribution in [2.45, 2.75) is 0 Å². The number of carbonyl (C=O) groups is 2. The van der Waals surface area contributed by atoms with Crippen LogP contribution in [0.15, 0.2) is 54.8 Å². The van der Waals surface area contributed by atoms with E-state index in [-0.39, 0.29) is 11.5 Å². The Morgan fingerprint density at radius 1 is 1.15 bits per heavy atom. The fourth-order valence-electron chi connectivity index (χ4n) is 2.63. The Morgan fingerprint density at radius 2 is 1.96 bits per heavy atom. The number of esters is 1. The molecule has 0 N–H and O–H groups in total. The Balaban J connectivity index is 1.88. The van der Waals surface area contributed by atoms with E-state index >= 15 is 0 Å². The molecule has 138 valence electrons. The normalized spacial score (nSPS) is 13.7. The van der Waals surface area contributed by atoms with E-state index in [1.807, 2.05) is 0 Å². The van der Waals surface area contributed by atoms with E-state index in [0.717, 1.165) is 0 Å². The number of hydrogen-bond donors (Lipinski definition) is 0. The maximum atomic E-state index is 12.6. The summed E-state index contributed by atoms with van der Waals surface area (Å²) in [4.78, 5) is 24.3. The fourth-order valence-corrected chi connectivity index (χ4v) is 2.63. The second-order valence-electron chi connectivity index (χ2n) is 5.65. The summed E-state index contributed by atoms with van der Waals surface area (Å²) < 4.78 is 21.2. The zero-order chi connectivity index (χ0) is 19.4. The Morgan fingerprint density at radius 3 is 2.67 bits per heavy atom. The van der Waals surface area contributed by atoms with E-state index in [1.165, 1.54) is 20.3 Å². The SMILES string of the molecule is C=CCOc1ccc(/C=C2/Oc3ccc(C(=O)OC)cc3C2=O)cc1OC. The van der Waals surface area contributed by atoms with Gasteiger partial charge in [-0.25, -0.2) is 4.79 Å². The molecule has 27 heavy (non-hydrogen) atoms. The third-order valence-corrected chi connectivity index (χ3v) is 3.93. The number of ketones is 1. The number of benzene rings is 2. The zero-order valence-electron chi connectivity index (χ0n) is 15.0. The number of fused-ring (bicyclic) bond motifs is 1. The average molecular weight is 366 g/mol. The van der Waals surface area contributed by atoms with Crippen LogP contribution in [0.4, 0.5) is 0 Å². The maximum absolute atomic E-state index is 12.6. The molecule has 0 spiro atoms. The van der Waals surface area contributed by atoms with Gasteiger partial charge in [0.05, 0.1) is 25.3 Å². The highest BCUT2D eigenvalue weighted by Gasteiger charge is 2.28. The fraction of sp³-hybridized carbons (Fsp3) is 0.143. The molecule has 1 aliphatic heterocycles. The number of rotatable bonds is 6. The predicted octanol–water partition coefficient (Wildman–Crippen LogP) is 3.66. The summed E-state index contributed by atoms with van der Waals surface area (Å²) in [5.74, 6) is 0.849. The standard InChI is InChI=1S/C21H18O6/c1-4-9-26-17-7-5-13(10-18(17)24-2)11-19-20(22)15-12-14(21(23)25-3)6-8-16(15)27-19/h4-8,10-12H,1,9H2,2-3H3/b19-11+. The van der Waals surface area contributed by atoms with Crippen LogP contribution in [-0.2, 0) is 4.74 Å². The molecule has 2 aromatic carbocycles. The number of Topliss-reactive ketones (excluding diaryl/α,β-unsaturated/α-hetero) is 1. The molecule has 0 atom stereocenters. The highest BCUT2D eigenvalue weighted by molar-refractivity contribution is 6.15. The van der Waals surface area contributed by atoms with E-state index in [1.54, 1.807) is 42.5 Å². The Hall–Kier alpha value is -3.54. The third-order valence-electron chi connectivity index (χ3n) is 3.93. The first-order valence-corrected chi connectivity index (χ1v) is 8.15. The van der Waals surface area contributed by atoms with Crippen LogP contribution in [0.5, 0.6) is 17.2 Å². The van der Waals surface area contributed by atoms with Gasteiger partial charge in [-0.2, -0.15) is 0 Å². The predicted molar refractivity (Wildman–Crippen MR) is 99.4 cm³/mol. The Kier molecular flexibility index (Phi) is 5.26. The van der Waals surface area contributed by atoms with Crippen molar-refractivity contribution in [3.8, 4) is 17.2 Å². The topological polar surface area (TPSA) is 71.1 Å². The van der Waals surface area contributed by atoms with Gasteiger partial charge in [0.25, 0.3) is 0 Å². The molecule has 0 fully saturated rings. The molecular formula is C21H18O6. The van der Waals surface area contributed by atoms with Crippen molar-refractivity contribution in [3.05, 3.63) is 71.5 Å². The maximum Gasteiger partial charge on any atom is 0.337 e. The molecule has 0 saturated heterocycles. The number of hydrogen-bond acceptors (Lipinski definition) is 6. The van der Waals surface area contributed by atoms with E-state index in [0.29, 0.717) is 40.5 Å². The first kappa shape index (κ1) is 18.3. The summed E-state index contributed by atoms with van der Waals surface area (Å²) >= 11 is 0. The molecule has 0 radical (unpaired) electrons.